The van der Waals surface area contributed by atoms with Gasteiger partial charge < -0.3 is 10.2 Å². The molecule has 1 aromatic carbocycles. The maximum atomic E-state index is 13.1. The minimum Gasteiger partial charge on any atom is -0.385 e. The first kappa shape index (κ1) is 11.1. The number of hydrogen-bond acceptors (Lipinski definition) is 4. The summed E-state index contributed by atoms with van der Waals surface area (Å²) < 4.78 is 13.1. The van der Waals surface area contributed by atoms with Gasteiger partial charge >= 0.3 is 0 Å². The van der Waals surface area contributed by atoms with Crippen molar-refractivity contribution in [3.63, 3.8) is 0 Å². The van der Waals surface area contributed by atoms with Crippen molar-refractivity contribution in [2.75, 3.05) is 0 Å². The normalized spacial score (nSPS) is 13.7. The molecule has 4 nitrogen and oxygen atoms in total. The lowest BCUT2D eigenvalue weighted by molar-refractivity contribution is 0.0526. The van der Waals surface area contributed by atoms with E-state index in [2.05, 4.69) is 0 Å². The van der Waals surface area contributed by atoms with E-state index in [9.17, 15) is 9.50 Å². The Kier molecular flexibility index (Phi) is 3.35. The van der Waals surface area contributed by atoms with E-state index in [0.29, 0.717) is 0 Å². The molecule has 1 aromatic rings. The first-order valence-electron chi connectivity index (χ1n) is 4.05. The highest BCUT2D eigenvalue weighted by atomic mass is 19.1. The molecule has 1 rings (SSSR count). The van der Waals surface area contributed by atoms with Crippen LogP contribution >= 0.6 is 0 Å². The van der Waals surface area contributed by atoms with Gasteiger partial charge in [-0.05, 0) is 17.7 Å². The molecule has 0 saturated heterocycles. The number of halogens is 1. The number of hydrogen-bond donors (Lipinski definition) is 2. The maximum Gasteiger partial charge on any atom is 0.170 e. The van der Waals surface area contributed by atoms with Gasteiger partial charge in [-0.1, -0.05) is 6.07 Å². The fourth-order valence-electron chi connectivity index (χ4n) is 1.06. The van der Waals surface area contributed by atoms with Gasteiger partial charge in [-0.3, -0.25) is 0 Å². The molecule has 2 unspecified atom stereocenters. The summed E-state index contributed by atoms with van der Waals surface area (Å²) in [5, 5.41) is 35.1. The van der Waals surface area contributed by atoms with Crippen LogP contribution in [0.15, 0.2) is 18.2 Å². The predicted molar refractivity (Wildman–Crippen MR) is 47.7 cm³/mol. The van der Waals surface area contributed by atoms with Gasteiger partial charge in [0.2, 0.25) is 0 Å². The van der Waals surface area contributed by atoms with Crippen LogP contribution in [0.5, 0.6) is 0 Å². The Labute approximate surface area is 85.4 Å². The number of benzene rings is 1. The summed E-state index contributed by atoms with van der Waals surface area (Å²) in [4.78, 5) is 0. The molecule has 0 spiro atoms. The summed E-state index contributed by atoms with van der Waals surface area (Å²) in [6, 6.07) is 6.43. The molecular weight excluding hydrogens is 199 g/mol. The van der Waals surface area contributed by atoms with E-state index in [4.69, 9.17) is 15.6 Å². The minimum absolute atomic E-state index is 0.0561. The van der Waals surface area contributed by atoms with Gasteiger partial charge in [-0.25, -0.2) is 4.39 Å². The number of aliphatic hydroxyl groups is 2. The molecule has 0 heterocycles. The zero-order chi connectivity index (χ0) is 11.4. The van der Waals surface area contributed by atoms with E-state index < -0.39 is 18.0 Å². The van der Waals surface area contributed by atoms with Crippen molar-refractivity contribution in [2.24, 2.45) is 0 Å². The maximum absolute atomic E-state index is 13.1. The zero-order valence-corrected chi connectivity index (χ0v) is 7.55. The van der Waals surface area contributed by atoms with Crippen LogP contribution in [0.3, 0.4) is 0 Å². The summed E-state index contributed by atoms with van der Waals surface area (Å²) in [5.74, 6) is -0.792. The Bertz CT molecular complexity index is 448. The minimum atomic E-state index is -1.61. The van der Waals surface area contributed by atoms with Crippen LogP contribution in [0.4, 0.5) is 4.39 Å². The largest absolute Gasteiger partial charge is 0.385 e. The van der Waals surface area contributed by atoms with Crippen LogP contribution in [0.2, 0.25) is 0 Å². The molecule has 0 aliphatic carbocycles. The quantitative estimate of drug-likeness (QED) is 0.694. The average Bonchev–Trinajstić information content (AvgIpc) is 2.26. The van der Waals surface area contributed by atoms with Crippen molar-refractivity contribution in [3.8, 4) is 12.1 Å². The third-order valence-corrected chi connectivity index (χ3v) is 1.89. The Hall–Kier alpha value is -1.95. The Morgan fingerprint density at radius 2 is 1.93 bits per heavy atom. The second-order valence-electron chi connectivity index (χ2n) is 2.87. The van der Waals surface area contributed by atoms with Crippen LogP contribution in [0.25, 0.3) is 0 Å². The first-order chi connectivity index (χ1) is 7.10. The van der Waals surface area contributed by atoms with Gasteiger partial charge in [0, 0.05) is 0 Å². The van der Waals surface area contributed by atoms with Gasteiger partial charge in [0.25, 0.3) is 0 Å². The fraction of sp³-hybridized carbons (Fsp3) is 0.200. The molecule has 76 valence electrons. The van der Waals surface area contributed by atoms with Crippen molar-refractivity contribution >= 4 is 0 Å². The van der Waals surface area contributed by atoms with E-state index in [1.165, 1.54) is 18.2 Å². The molecule has 0 radical (unpaired) electrons. The highest BCUT2D eigenvalue weighted by molar-refractivity contribution is 5.34. The second-order valence-corrected chi connectivity index (χ2v) is 2.87. The first-order valence-corrected chi connectivity index (χ1v) is 4.05. The molecule has 2 N–H and O–H groups in total. The van der Waals surface area contributed by atoms with E-state index >= 15 is 0 Å². The third-order valence-electron chi connectivity index (χ3n) is 1.89. The molecule has 0 aromatic heterocycles. The van der Waals surface area contributed by atoms with Crippen molar-refractivity contribution in [2.45, 2.75) is 12.2 Å². The summed E-state index contributed by atoms with van der Waals surface area (Å²) >= 11 is 0. The Balaban J connectivity index is 3.05. The third kappa shape index (κ3) is 2.29. The summed E-state index contributed by atoms with van der Waals surface area (Å²) in [5.41, 5.74) is -0.0991. The summed E-state index contributed by atoms with van der Waals surface area (Å²) in [6.07, 6.45) is -3.09. The fourth-order valence-corrected chi connectivity index (χ4v) is 1.06. The Morgan fingerprint density at radius 1 is 1.27 bits per heavy atom. The highest BCUT2D eigenvalue weighted by Gasteiger charge is 2.18. The van der Waals surface area contributed by atoms with Crippen LogP contribution < -0.4 is 0 Å². The van der Waals surface area contributed by atoms with Gasteiger partial charge in [-0.2, -0.15) is 10.5 Å². The molecule has 0 aliphatic rings. The molecule has 2 atom stereocenters. The number of nitrogens with zero attached hydrogens (tertiary/aromatic N) is 2. The van der Waals surface area contributed by atoms with Gasteiger partial charge in [0.05, 0.1) is 11.6 Å². The van der Waals surface area contributed by atoms with Crippen LogP contribution in [0.1, 0.15) is 17.2 Å². The molecule has 0 aliphatic heterocycles. The predicted octanol–water partition coefficient (Wildman–Crippen LogP) is 0.615. The number of aliphatic hydroxyl groups excluding tert-OH is 2. The van der Waals surface area contributed by atoms with E-state index in [-0.39, 0.29) is 11.1 Å². The average molecular weight is 206 g/mol. The lowest BCUT2D eigenvalue weighted by Crippen LogP contribution is -2.15. The van der Waals surface area contributed by atoms with Crippen LogP contribution in [-0.4, -0.2) is 16.3 Å². The molecule has 0 amide bonds. The van der Waals surface area contributed by atoms with Crippen molar-refractivity contribution < 1.29 is 14.6 Å². The SMILES string of the molecule is N#Cc1ccc(C(O)C(O)C#N)cc1F. The second kappa shape index (κ2) is 4.52. The smallest absolute Gasteiger partial charge is 0.170 e. The summed E-state index contributed by atoms with van der Waals surface area (Å²) in [7, 11) is 0. The molecular formula is C10H7FN2O2. The highest BCUT2D eigenvalue weighted by Crippen LogP contribution is 2.19. The number of nitriles is 2. The van der Waals surface area contributed by atoms with Crippen LogP contribution in [-0.2, 0) is 0 Å². The van der Waals surface area contributed by atoms with Gasteiger partial charge in [0.1, 0.15) is 18.0 Å². The van der Waals surface area contributed by atoms with E-state index in [0.717, 1.165) is 6.07 Å². The van der Waals surface area contributed by atoms with Crippen LogP contribution in [0, 0.1) is 28.5 Å². The molecule has 0 saturated carbocycles. The topological polar surface area (TPSA) is 88.0 Å². The molecule has 5 heteroatoms. The molecule has 0 fully saturated rings. The van der Waals surface area contributed by atoms with E-state index in [1.807, 2.05) is 0 Å². The monoisotopic (exact) mass is 206 g/mol. The molecule has 0 bridgehead atoms. The van der Waals surface area contributed by atoms with E-state index in [1.54, 1.807) is 6.07 Å². The van der Waals surface area contributed by atoms with Gasteiger partial charge in [-0.15, -0.1) is 0 Å². The zero-order valence-electron chi connectivity index (χ0n) is 7.55. The van der Waals surface area contributed by atoms with Crippen molar-refractivity contribution in [3.05, 3.63) is 35.1 Å². The molecule has 15 heavy (non-hydrogen) atoms. The Morgan fingerprint density at radius 3 is 2.40 bits per heavy atom. The van der Waals surface area contributed by atoms with Crippen molar-refractivity contribution in [1.29, 1.82) is 10.5 Å². The number of rotatable bonds is 2. The lowest BCUT2D eigenvalue weighted by atomic mass is 10.0. The summed E-state index contributed by atoms with van der Waals surface area (Å²) in [6.45, 7) is 0. The lowest BCUT2D eigenvalue weighted by Gasteiger charge is -2.11. The standard InChI is InChI=1S/C10H7FN2O2/c11-8-3-6(1-2-7(8)4-12)10(15)9(14)5-13/h1-3,9-10,14-15H. The van der Waals surface area contributed by atoms with Gasteiger partial charge in [0.15, 0.2) is 6.10 Å². The van der Waals surface area contributed by atoms with Crippen molar-refractivity contribution in [1.82, 2.24) is 0 Å².